The van der Waals surface area contributed by atoms with Crippen LogP contribution in [-0.2, 0) is 0 Å². The van der Waals surface area contributed by atoms with Crippen LogP contribution in [0.3, 0.4) is 0 Å². The van der Waals surface area contributed by atoms with Gasteiger partial charge in [-0.25, -0.2) is 4.79 Å². The number of urea groups is 1. The van der Waals surface area contributed by atoms with Crippen molar-refractivity contribution in [2.24, 2.45) is 0 Å². The van der Waals surface area contributed by atoms with Gasteiger partial charge in [-0.3, -0.25) is 4.79 Å². The number of rotatable bonds is 4. The molecule has 114 valence electrons. The average molecular weight is 319 g/mol. The van der Waals surface area contributed by atoms with Crippen LogP contribution >= 0.6 is 11.6 Å². The number of anilines is 2. The minimum absolute atomic E-state index is 0.0639. The van der Waals surface area contributed by atoms with Gasteiger partial charge in [0.25, 0.3) is 0 Å². The Morgan fingerprint density at radius 1 is 1.05 bits per heavy atom. The highest BCUT2D eigenvalue weighted by Gasteiger charge is 2.07. The number of amides is 2. The number of carbonyl (C=O) groups is 2. The number of carbonyl (C=O) groups excluding carboxylic acids is 2. The molecular weight excluding hydrogens is 304 g/mol. The molecule has 2 rings (SSSR count). The molecule has 5 nitrogen and oxygen atoms in total. The van der Waals surface area contributed by atoms with E-state index in [4.69, 9.17) is 16.3 Å². The van der Waals surface area contributed by atoms with E-state index in [1.807, 2.05) is 0 Å². The second-order valence-corrected chi connectivity index (χ2v) is 4.97. The Morgan fingerprint density at radius 2 is 1.73 bits per heavy atom. The summed E-state index contributed by atoms with van der Waals surface area (Å²) in [4.78, 5) is 23.3. The maximum Gasteiger partial charge on any atom is 0.323 e. The van der Waals surface area contributed by atoms with Crippen LogP contribution in [-0.4, -0.2) is 18.9 Å². The first kappa shape index (κ1) is 15.9. The largest absolute Gasteiger partial charge is 0.495 e. The van der Waals surface area contributed by atoms with Crippen molar-refractivity contribution in [2.75, 3.05) is 17.7 Å². The molecule has 2 aromatic carbocycles. The van der Waals surface area contributed by atoms with E-state index in [9.17, 15) is 9.59 Å². The van der Waals surface area contributed by atoms with Gasteiger partial charge in [0.2, 0.25) is 0 Å². The number of ketones is 1. The molecule has 0 spiro atoms. The van der Waals surface area contributed by atoms with E-state index in [1.54, 1.807) is 42.5 Å². The van der Waals surface area contributed by atoms with Crippen LogP contribution in [0.25, 0.3) is 0 Å². The molecule has 0 radical (unpaired) electrons. The van der Waals surface area contributed by atoms with Crippen LogP contribution in [0.2, 0.25) is 5.02 Å². The van der Waals surface area contributed by atoms with Crippen LogP contribution in [0, 0.1) is 0 Å². The van der Waals surface area contributed by atoms with E-state index in [0.717, 1.165) is 0 Å². The molecule has 0 saturated carbocycles. The lowest BCUT2D eigenvalue weighted by Gasteiger charge is -2.10. The number of methoxy groups -OCH3 is 1. The molecule has 2 N–H and O–H groups in total. The molecule has 0 bridgehead atoms. The fourth-order valence-electron chi connectivity index (χ4n) is 1.85. The summed E-state index contributed by atoms with van der Waals surface area (Å²) in [6.07, 6.45) is 0. The number of Topliss-reactive ketones (excluding diaryl/α,β-unsaturated/α-hetero) is 1. The zero-order valence-corrected chi connectivity index (χ0v) is 12.9. The maximum absolute atomic E-state index is 11.9. The number of hydrogen-bond acceptors (Lipinski definition) is 3. The van der Waals surface area contributed by atoms with Gasteiger partial charge in [0, 0.05) is 16.9 Å². The normalized spacial score (nSPS) is 9.95. The van der Waals surface area contributed by atoms with E-state index in [1.165, 1.54) is 14.0 Å². The molecular formula is C16H15ClN2O3. The van der Waals surface area contributed by atoms with Crippen molar-refractivity contribution in [3.05, 3.63) is 53.1 Å². The van der Waals surface area contributed by atoms with E-state index < -0.39 is 6.03 Å². The van der Waals surface area contributed by atoms with Gasteiger partial charge in [-0.1, -0.05) is 23.7 Å². The molecule has 2 aromatic rings. The first-order valence-electron chi connectivity index (χ1n) is 6.52. The summed E-state index contributed by atoms with van der Waals surface area (Å²) < 4.78 is 5.04. The second-order valence-electron chi connectivity index (χ2n) is 4.57. The Kier molecular flexibility index (Phi) is 5.01. The summed E-state index contributed by atoms with van der Waals surface area (Å²) in [6.45, 7) is 1.47. The molecule has 0 saturated heterocycles. The fourth-order valence-corrected chi connectivity index (χ4v) is 2.11. The molecule has 0 atom stereocenters. The van der Waals surface area contributed by atoms with Gasteiger partial charge in [-0.2, -0.15) is 0 Å². The van der Waals surface area contributed by atoms with Crippen LogP contribution in [0.4, 0.5) is 16.2 Å². The van der Waals surface area contributed by atoms with Gasteiger partial charge in [0.05, 0.1) is 12.1 Å². The second kappa shape index (κ2) is 6.95. The Hall–Kier alpha value is -2.53. The minimum Gasteiger partial charge on any atom is -0.495 e. The zero-order valence-electron chi connectivity index (χ0n) is 12.1. The smallest absolute Gasteiger partial charge is 0.323 e. The van der Waals surface area contributed by atoms with Crippen molar-refractivity contribution in [1.29, 1.82) is 0 Å². The molecule has 22 heavy (non-hydrogen) atoms. The first-order valence-corrected chi connectivity index (χ1v) is 6.90. The Balaban J connectivity index is 2.05. The summed E-state index contributed by atoms with van der Waals surface area (Å²) in [5.41, 5.74) is 1.60. The highest BCUT2D eigenvalue weighted by Crippen LogP contribution is 2.27. The lowest BCUT2D eigenvalue weighted by atomic mass is 10.1. The van der Waals surface area contributed by atoms with Crippen LogP contribution < -0.4 is 15.4 Å². The monoisotopic (exact) mass is 318 g/mol. The van der Waals surface area contributed by atoms with E-state index in [2.05, 4.69) is 10.6 Å². The lowest BCUT2D eigenvalue weighted by molar-refractivity contribution is 0.101. The quantitative estimate of drug-likeness (QED) is 0.830. The maximum atomic E-state index is 11.9. The third kappa shape index (κ3) is 3.99. The standard InChI is InChI=1S/C16H15ClN2O3/c1-10(20)11-4-3-5-12(8-11)18-16(21)19-13-6-7-15(22-2)14(17)9-13/h3-9H,1-2H3,(H2,18,19,21). The van der Waals surface area contributed by atoms with Crippen molar-refractivity contribution < 1.29 is 14.3 Å². The SMILES string of the molecule is COc1ccc(NC(=O)Nc2cccc(C(C)=O)c2)cc1Cl. The van der Waals surface area contributed by atoms with Crippen molar-refractivity contribution in [3.8, 4) is 5.75 Å². The number of ether oxygens (including phenoxy) is 1. The Labute approximate surface area is 133 Å². The summed E-state index contributed by atoms with van der Waals surface area (Å²) in [5, 5.41) is 5.72. The van der Waals surface area contributed by atoms with Crippen molar-refractivity contribution in [3.63, 3.8) is 0 Å². The molecule has 0 aliphatic rings. The van der Waals surface area contributed by atoms with Gasteiger partial charge < -0.3 is 15.4 Å². The highest BCUT2D eigenvalue weighted by molar-refractivity contribution is 6.32. The Bertz CT molecular complexity index is 716. The fraction of sp³-hybridized carbons (Fsp3) is 0.125. The average Bonchev–Trinajstić information content (AvgIpc) is 2.47. The molecule has 0 aromatic heterocycles. The molecule has 2 amide bonds. The number of hydrogen-bond donors (Lipinski definition) is 2. The predicted octanol–water partition coefficient (Wildman–Crippen LogP) is 4.20. The molecule has 0 fully saturated rings. The lowest BCUT2D eigenvalue weighted by Crippen LogP contribution is -2.19. The van der Waals surface area contributed by atoms with Crippen LogP contribution in [0.5, 0.6) is 5.75 Å². The van der Waals surface area contributed by atoms with Gasteiger partial charge in [-0.05, 0) is 37.3 Å². The highest BCUT2D eigenvalue weighted by atomic mass is 35.5. The number of nitrogens with one attached hydrogen (secondary N) is 2. The number of benzene rings is 2. The zero-order chi connectivity index (χ0) is 16.1. The molecule has 0 aliphatic carbocycles. The summed E-state index contributed by atoms with van der Waals surface area (Å²) in [6, 6.07) is 11.2. The molecule has 0 aliphatic heterocycles. The minimum atomic E-state index is -0.429. The van der Waals surface area contributed by atoms with Crippen LogP contribution in [0.15, 0.2) is 42.5 Å². The van der Waals surface area contributed by atoms with E-state index in [0.29, 0.717) is 27.7 Å². The molecule has 0 unspecified atom stereocenters. The molecule has 6 heteroatoms. The first-order chi connectivity index (χ1) is 10.5. The van der Waals surface area contributed by atoms with Crippen molar-refractivity contribution in [2.45, 2.75) is 6.92 Å². The van der Waals surface area contributed by atoms with Crippen molar-refractivity contribution >= 4 is 34.8 Å². The van der Waals surface area contributed by atoms with Crippen molar-refractivity contribution in [1.82, 2.24) is 0 Å². The number of halogens is 1. The van der Waals surface area contributed by atoms with Gasteiger partial charge >= 0.3 is 6.03 Å². The summed E-state index contributed by atoms with van der Waals surface area (Å²) >= 11 is 5.99. The van der Waals surface area contributed by atoms with Gasteiger partial charge in [-0.15, -0.1) is 0 Å². The van der Waals surface area contributed by atoms with E-state index >= 15 is 0 Å². The van der Waals surface area contributed by atoms with Gasteiger partial charge in [0.15, 0.2) is 5.78 Å². The van der Waals surface area contributed by atoms with E-state index in [-0.39, 0.29) is 5.78 Å². The topological polar surface area (TPSA) is 67.4 Å². The summed E-state index contributed by atoms with van der Waals surface area (Å²) in [5.74, 6) is 0.466. The predicted molar refractivity (Wildman–Crippen MR) is 87.1 cm³/mol. The summed E-state index contributed by atoms with van der Waals surface area (Å²) in [7, 11) is 1.52. The Morgan fingerprint density at radius 3 is 2.32 bits per heavy atom. The molecule has 0 heterocycles. The van der Waals surface area contributed by atoms with Crippen LogP contribution in [0.1, 0.15) is 17.3 Å². The third-order valence-corrected chi connectivity index (χ3v) is 3.23. The third-order valence-electron chi connectivity index (χ3n) is 2.94. The van der Waals surface area contributed by atoms with Gasteiger partial charge in [0.1, 0.15) is 5.75 Å².